The molecule has 0 atom stereocenters. The number of pyridine rings is 1. The second-order valence-electron chi connectivity index (χ2n) is 6.45. The molecule has 0 amide bonds. The lowest BCUT2D eigenvalue weighted by Gasteiger charge is -2.11. The largest absolute Gasteiger partial charge is 0.361 e. The molecule has 0 aliphatic heterocycles. The maximum atomic E-state index is 11.9. The van der Waals surface area contributed by atoms with Gasteiger partial charge in [-0.15, -0.1) is 0 Å². The first kappa shape index (κ1) is 20.6. The van der Waals surface area contributed by atoms with E-state index in [0.717, 1.165) is 29.8 Å². The van der Waals surface area contributed by atoms with Crippen molar-refractivity contribution in [3.05, 3.63) is 60.1 Å². The van der Waals surface area contributed by atoms with E-state index in [-0.39, 0.29) is 0 Å². The van der Waals surface area contributed by atoms with Gasteiger partial charge in [0.25, 0.3) is 0 Å². The monoisotopic (exact) mass is 386 g/mol. The minimum absolute atomic E-state index is 0.503. The number of allylic oxidation sites excluding steroid dienone is 1. The molecule has 0 fully saturated rings. The van der Waals surface area contributed by atoms with Gasteiger partial charge >= 0.3 is 0 Å². The van der Waals surface area contributed by atoms with Crippen LogP contribution in [0.25, 0.3) is 5.57 Å². The van der Waals surface area contributed by atoms with E-state index in [1.54, 1.807) is 50.5 Å². The van der Waals surface area contributed by atoms with Gasteiger partial charge in [-0.25, -0.2) is 8.42 Å². The predicted molar refractivity (Wildman–Crippen MR) is 113 cm³/mol. The molecule has 0 radical (unpaired) electrons. The highest BCUT2D eigenvalue weighted by atomic mass is 32.2. The Morgan fingerprint density at radius 2 is 1.89 bits per heavy atom. The molecule has 144 valence electrons. The normalized spacial score (nSPS) is 12.1. The number of sulfonamides is 1. The molecule has 1 aromatic carbocycles. The number of anilines is 2. The maximum absolute atomic E-state index is 11.9. The molecule has 27 heavy (non-hydrogen) atoms. The molecular weight excluding hydrogens is 360 g/mol. The number of aryl methyl sites for hydroxylation is 1. The zero-order valence-corrected chi connectivity index (χ0v) is 16.7. The Labute approximate surface area is 161 Å². The molecule has 2 aromatic rings. The van der Waals surface area contributed by atoms with Crippen LogP contribution >= 0.6 is 0 Å². The van der Waals surface area contributed by atoms with Crippen LogP contribution in [0.15, 0.2) is 48.8 Å². The molecule has 0 aliphatic carbocycles. The zero-order valence-electron chi connectivity index (χ0n) is 15.9. The van der Waals surface area contributed by atoms with Gasteiger partial charge in [-0.1, -0.05) is 25.5 Å². The molecule has 0 spiro atoms. The van der Waals surface area contributed by atoms with Gasteiger partial charge in [0.15, 0.2) is 0 Å². The lowest BCUT2D eigenvalue weighted by Crippen LogP contribution is -2.22. The van der Waals surface area contributed by atoms with Gasteiger partial charge < -0.3 is 10.7 Å². The smallest absolute Gasteiger partial charge is 0.235 e. The fourth-order valence-electron chi connectivity index (χ4n) is 2.34. The molecule has 2 rings (SSSR count). The maximum Gasteiger partial charge on any atom is 0.235 e. The summed E-state index contributed by atoms with van der Waals surface area (Å²) < 4.78 is 26.4. The summed E-state index contributed by atoms with van der Waals surface area (Å²) in [6.07, 6.45) is 6.73. The average Bonchev–Trinajstić information content (AvgIpc) is 2.64. The molecule has 0 saturated heterocycles. The van der Waals surface area contributed by atoms with Crippen molar-refractivity contribution in [1.82, 2.24) is 4.98 Å². The Kier molecular flexibility index (Phi) is 7.12. The van der Waals surface area contributed by atoms with Gasteiger partial charge in [-0.3, -0.25) is 9.71 Å². The minimum atomic E-state index is -3.37. The molecule has 0 saturated carbocycles. The van der Waals surface area contributed by atoms with E-state index in [1.165, 1.54) is 6.21 Å². The fraction of sp³-hybridized carbons (Fsp3) is 0.300. The Hall–Kier alpha value is -2.67. The lowest BCUT2D eigenvalue weighted by atomic mass is 10.1. The van der Waals surface area contributed by atoms with Gasteiger partial charge in [0.1, 0.15) is 0 Å². The topological polar surface area (TPSA) is 94.9 Å². The Balaban J connectivity index is 2.14. The molecule has 1 aromatic heterocycles. The Morgan fingerprint density at radius 3 is 2.48 bits per heavy atom. The van der Waals surface area contributed by atoms with Crippen LogP contribution in [0.2, 0.25) is 0 Å². The van der Waals surface area contributed by atoms with E-state index in [4.69, 9.17) is 5.41 Å². The first-order valence-electron chi connectivity index (χ1n) is 8.90. The molecule has 0 unspecified atom stereocenters. The second-order valence-corrected chi connectivity index (χ2v) is 8.68. The van der Waals surface area contributed by atoms with Crippen LogP contribution in [0.1, 0.15) is 38.4 Å². The summed E-state index contributed by atoms with van der Waals surface area (Å²) >= 11 is 0. The quantitative estimate of drug-likeness (QED) is 0.560. The van der Waals surface area contributed by atoms with Crippen molar-refractivity contribution in [1.29, 1.82) is 5.41 Å². The summed E-state index contributed by atoms with van der Waals surface area (Å²) in [6, 6.07) is 10.8. The minimum Gasteiger partial charge on any atom is -0.361 e. The van der Waals surface area contributed by atoms with Crippen molar-refractivity contribution in [2.24, 2.45) is 0 Å². The summed E-state index contributed by atoms with van der Waals surface area (Å²) in [5.74, 6) is 0. The van der Waals surface area contributed by atoms with Gasteiger partial charge in [0.05, 0.1) is 5.25 Å². The summed E-state index contributed by atoms with van der Waals surface area (Å²) in [5, 5.41) is 10.4. The van der Waals surface area contributed by atoms with E-state index in [9.17, 15) is 8.42 Å². The molecule has 7 heteroatoms. The highest BCUT2D eigenvalue weighted by Crippen LogP contribution is 2.19. The van der Waals surface area contributed by atoms with Crippen LogP contribution in [0.5, 0.6) is 0 Å². The van der Waals surface area contributed by atoms with Crippen LogP contribution < -0.4 is 10.0 Å². The van der Waals surface area contributed by atoms with E-state index in [0.29, 0.717) is 11.3 Å². The predicted octanol–water partition coefficient (Wildman–Crippen LogP) is 4.29. The Bertz CT molecular complexity index is 904. The lowest BCUT2D eigenvalue weighted by molar-refractivity contribution is 0.593. The third kappa shape index (κ3) is 5.92. The van der Waals surface area contributed by atoms with Gasteiger partial charge in [-0.2, -0.15) is 0 Å². The highest BCUT2D eigenvalue weighted by molar-refractivity contribution is 7.93. The van der Waals surface area contributed by atoms with E-state index in [2.05, 4.69) is 21.9 Å². The SMILES string of the molecule is CCCc1cc(N/C=C(\C=N)c2ccc(NS(=O)(=O)C(C)C)cc2)ccn1. The zero-order chi connectivity index (χ0) is 19.9. The standard InChI is InChI=1S/C20H26N4O2S/c1-4-5-19-12-20(10-11-22-19)23-14-17(13-21)16-6-8-18(9-7-16)24-27(25,26)15(2)3/h6-15,21,24H,4-5H2,1-3H3,(H,22,23)/b17-14+,21-13?. The van der Waals surface area contributed by atoms with Crippen molar-refractivity contribution in [2.45, 2.75) is 38.9 Å². The van der Waals surface area contributed by atoms with E-state index >= 15 is 0 Å². The second kappa shape index (κ2) is 9.32. The number of hydrogen-bond acceptors (Lipinski definition) is 5. The van der Waals surface area contributed by atoms with Crippen molar-refractivity contribution in [2.75, 3.05) is 10.0 Å². The molecule has 0 aliphatic rings. The van der Waals surface area contributed by atoms with Crippen LogP contribution in [0, 0.1) is 5.41 Å². The molecule has 6 nitrogen and oxygen atoms in total. The van der Waals surface area contributed by atoms with Crippen molar-refractivity contribution in [3.63, 3.8) is 0 Å². The van der Waals surface area contributed by atoms with Gasteiger partial charge in [0.2, 0.25) is 10.0 Å². The highest BCUT2D eigenvalue weighted by Gasteiger charge is 2.15. The first-order chi connectivity index (χ1) is 12.9. The van der Waals surface area contributed by atoms with Gasteiger partial charge in [0, 0.05) is 41.3 Å². The fourth-order valence-corrected chi connectivity index (χ4v) is 3.04. The third-order valence-electron chi connectivity index (χ3n) is 3.97. The average molecular weight is 387 g/mol. The number of rotatable bonds is 9. The molecular formula is C20H26N4O2S. The third-order valence-corrected chi connectivity index (χ3v) is 5.73. The number of benzene rings is 1. The van der Waals surface area contributed by atoms with E-state index < -0.39 is 15.3 Å². The molecule has 3 N–H and O–H groups in total. The summed E-state index contributed by atoms with van der Waals surface area (Å²) in [6.45, 7) is 5.37. The van der Waals surface area contributed by atoms with Crippen LogP contribution in [0.4, 0.5) is 11.4 Å². The number of hydrogen-bond donors (Lipinski definition) is 3. The van der Waals surface area contributed by atoms with Crippen LogP contribution in [-0.2, 0) is 16.4 Å². The van der Waals surface area contributed by atoms with Crippen molar-refractivity contribution < 1.29 is 8.42 Å². The molecule has 0 bridgehead atoms. The number of nitrogens with one attached hydrogen (secondary N) is 3. The number of nitrogens with zero attached hydrogens (tertiary/aromatic N) is 1. The van der Waals surface area contributed by atoms with E-state index in [1.807, 2.05) is 12.1 Å². The van der Waals surface area contributed by atoms with Crippen molar-refractivity contribution in [3.8, 4) is 0 Å². The van der Waals surface area contributed by atoms with Crippen molar-refractivity contribution >= 4 is 33.2 Å². The summed E-state index contributed by atoms with van der Waals surface area (Å²) in [4.78, 5) is 4.32. The summed E-state index contributed by atoms with van der Waals surface area (Å²) in [5.41, 5.74) is 3.93. The molecule has 1 heterocycles. The number of aromatic nitrogens is 1. The van der Waals surface area contributed by atoms with Crippen LogP contribution in [-0.4, -0.2) is 24.9 Å². The summed E-state index contributed by atoms with van der Waals surface area (Å²) in [7, 11) is -3.37. The van der Waals surface area contributed by atoms with Gasteiger partial charge in [-0.05, 0) is 50.1 Å². The Morgan fingerprint density at radius 1 is 1.19 bits per heavy atom. The van der Waals surface area contributed by atoms with Crippen LogP contribution in [0.3, 0.4) is 0 Å². The first-order valence-corrected chi connectivity index (χ1v) is 10.4.